The Kier molecular flexibility index (Phi) is 8.05. The second-order valence-corrected chi connectivity index (χ2v) is 6.07. The number of esters is 1. The van der Waals surface area contributed by atoms with Gasteiger partial charge in [0.2, 0.25) is 5.91 Å². The van der Waals surface area contributed by atoms with E-state index in [0.29, 0.717) is 12.1 Å². The average molecular weight is 423 g/mol. The van der Waals surface area contributed by atoms with Crippen molar-refractivity contribution < 1.29 is 40.7 Å². The van der Waals surface area contributed by atoms with Crippen molar-refractivity contribution >= 4 is 11.9 Å². The molecule has 0 saturated heterocycles. The lowest BCUT2D eigenvalue weighted by molar-refractivity contribution is -0.143. The number of amides is 1. The minimum Gasteiger partial charge on any atom is -0.469 e. The standard InChI is InChI=1S/C19H19F6NO3/c1-4-7-26(17(28)12(2)5-6-16(27)29-3)11-13-8-14(18(20,21)22)10-15(9-13)19(23,24)25/h4,8-10H,1-2,5-7,11H2,3H3. The van der Waals surface area contributed by atoms with Gasteiger partial charge >= 0.3 is 18.3 Å². The fourth-order valence-corrected chi connectivity index (χ4v) is 2.39. The Balaban J connectivity index is 3.17. The van der Waals surface area contributed by atoms with Crippen LogP contribution in [-0.2, 0) is 33.2 Å². The summed E-state index contributed by atoms with van der Waals surface area (Å²) >= 11 is 0. The maximum absolute atomic E-state index is 13.0. The van der Waals surface area contributed by atoms with Gasteiger partial charge in [-0.15, -0.1) is 6.58 Å². The molecule has 0 bridgehead atoms. The Hall–Kier alpha value is -2.78. The minimum atomic E-state index is -4.99. The lowest BCUT2D eigenvalue weighted by Gasteiger charge is -2.23. The summed E-state index contributed by atoms with van der Waals surface area (Å²) in [6.45, 7) is 6.28. The van der Waals surface area contributed by atoms with Crippen LogP contribution in [0, 0.1) is 0 Å². The number of halogens is 6. The maximum Gasteiger partial charge on any atom is 0.416 e. The number of hydrogen-bond acceptors (Lipinski definition) is 3. The molecule has 0 N–H and O–H groups in total. The number of hydrogen-bond donors (Lipinski definition) is 0. The molecule has 1 amide bonds. The molecule has 29 heavy (non-hydrogen) atoms. The van der Waals surface area contributed by atoms with E-state index in [2.05, 4.69) is 17.9 Å². The third kappa shape index (κ3) is 7.28. The van der Waals surface area contributed by atoms with Crippen LogP contribution in [-0.4, -0.2) is 30.4 Å². The van der Waals surface area contributed by atoms with Crippen LogP contribution < -0.4 is 0 Å². The molecule has 1 aromatic rings. The van der Waals surface area contributed by atoms with Gasteiger partial charge in [-0.1, -0.05) is 12.7 Å². The number of nitrogens with zero attached hydrogens (tertiary/aromatic N) is 1. The Bertz CT molecular complexity index is 751. The maximum atomic E-state index is 13.0. The molecular formula is C19H19F6NO3. The number of carbonyl (C=O) groups is 2. The first-order valence-corrected chi connectivity index (χ1v) is 8.22. The van der Waals surface area contributed by atoms with E-state index < -0.39 is 41.9 Å². The average Bonchev–Trinajstić information content (AvgIpc) is 2.63. The molecule has 10 heteroatoms. The number of carbonyl (C=O) groups excluding carboxylic acids is 2. The summed E-state index contributed by atoms with van der Waals surface area (Å²) in [4.78, 5) is 24.6. The molecule has 0 aliphatic rings. The van der Waals surface area contributed by atoms with Gasteiger partial charge in [0.1, 0.15) is 0 Å². The highest BCUT2D eigenvalue weighted by molar-refractivity contribution is 5.93. The second-order valence-electron chi connectivity index (χ2n) is 6.07. The van der Waals surface area contributed by atoms with Crippen LogP contribution in [0.1, 0.15) is 29.5 Å². The summed E-state index contributed by atoms with van der Waals surface area (Å²) in [6, 6.07) is 1.12. The summed E-state index contributed by atoms with van der Waals surface area (Å²) in [5, 5.41) is 0. The molecule has 0 heterocycles. The number of ether oxygens (including phenoxy) is 1. The zero-order valence-corrected chi connectivity index (χ0v) is 15.5. The molecule has 0 aliphatic carbocycles. The van der Waals surface area contributed by atoms with Crippen LogP contribution in [0.5, 0.6) is 0 Å². The van der Waals surface area contributed by atoms with Gasteiger partial charge in [0.05, 0.1) is 18.2 Å². The highest BCUT2D eigenvalue weighted by Crippen LogP contribution is 2.36. The number of methoxy groups -OCH3 is 1. The number of benzene rings is 1. The number of rotatable bonds is 8. The summed E-state index contributed by atoms with van der Waals surface area (Å²) in [5.41, 5.74) is -3.35. The summed E-state index contributed by atoms with van der Waals surface area (Å²) in [7, 11) is 1.16. The predicted molar refractivity (Wildman–Crippen MR) is 92.5 cm³/mol. The van der Waals surface area contributed by atoms with E-state index in [-0.39, 0.29) is 36.6 Å². The first-order chi connectivity index (χ1) is 13.3. The van der Waals surface area contributed by atoms with Crippen molar-refractivity contribution in [3.63, 3.8) is 0 Å². The zero-order chi connectivity index (χ0) is 22.4. The van der Waals surface area contributed by atoms with Crippen molar-refractivity contribution in [1.29, 1.82) is 0 Å². The van der Waals surface area contributed by atoms with Gasteiger partial charge in [-0.3, -0.25) is 9.59 Å². The van der Waals surface area contributed by atoms with Gasteiger partial charge in [-0.2, -0.15) is 26.3 Å². The van der Waals surface area contributed by atoms with Gasteiger partial charge in [0.15, 0.2) is 0 Å². The van der Waals surface area contributed by atoms with E-state index in [1.807, 2.05) is 0 Å². The molecule has 0 fully saturated rings. The molecule has 0 spiro atoms. The van der Waals surface area contributed by atoms with Gasteiger partial charge in [0.25, 0.3) is 0 Å². The molecule has 0 aromatic heterocycles. The zero-order valence-electron chi connectivity index (χ0n) is 15.5. The lowest BCUT2D eigenvalue weighted by Crippen LogP contribution is -2.32. The highest BCUT2D eigenvalue weighted by atomic mass is 19.4. The normalized spacial score (nSPS) is 11.7. The van der Waals surface area contributed by atoms with Crippen LogP contribution in [0.4, 0.5) is 26.3 Å². The molecule has 1 rings (SSSR count). The topological polar surface area (TPSA) is 46.6 Å². The third-order valence-corrected chi connectivity index (χ3v) is 3.82. The van der Waals surface area contributed by atoms with Gasteiger partial charge in [-0.25, -0.2) is 0 Å². The molecule has 0 saturated carbocycles. The van der Waals surface area contributed by atoms with E-state index >= 15 is 0 Å². The van der Waals surface area contributed by atoms with Gasteiger partial charge in [0, 0.05) is 25.1 Å². The fraction of sp³-hybridized carbons (Fsp3) is 0.368. The smallest absolute Gasteiger partial charge is 0.416 e. The molecule has 0 radical (unpaired) electrons. The predicted octanol–water partition coefficient (Wildman–Crippen LogP) is 4.75. The molecule has 0 aliphatic heterocycles. The SMILES string of the molecule is C=CCN(Cc1cc(C(F)(F)F)cc(C(F)(F)F)c1)C(=O)C(=C)CCC(=O)OC. The van der Waals surface area contributed by atoms with E-state index in [0.717, 1.165) is 12.0 Å². The van der Waals surface area contributed by atoms with E-state index in [1.54, 1.807) is 0 Å². The highest BCUT2D eigenvalue weighted by Gasteiger charge is 2.37. The molecule has 4 nitrogen and oxygen atoms in total. The Morgan fingerprint density at radius 2 is 1.55 bits per heavy atom. The molecule has 160 valence electrons. The van der Waals surface area contributed by atoms with Crippen LogP contribution >= 0.6 is 0 Å². The summed E-state index contributed by atoms with van der Waals surface area (Å²) in [5.74, 6) is -1.32. The second kappa shape index (κ2) is 9.62. The fourth-order valence-electron chi connectivity index (χ4n) is 2.39. The lowest BCUT2D eigenvalue weighted by atomic mass is 10.0. The largest absolute Gasteiger partial charge is 0.469 e. The van der Waals surface area contributed by atoms with Crippen molar-refractivity contribution in [2.45, 2.75) is 31.7 Å². The van der Waals surface area contributed by atoms with E-state index in [4.69, 9.17) is 0 Å². The molecule has 0 unspecified atom stereocenters. The molecule has 1 aromatic carbocycles. The first kappa shape index (κ1) is 24.3. The van der Waals surface area contributed by atoms with E-state index in [1.165, 1.54) is 6.08 Å². The monoisotopic (exact) mass is 423 g/mol. The molecule has 0 atom stereocenters. The van der Waals surface area contributed by atoms with Crippen molar-refractivity contribution in [2.75, 3.05) is 13.7 Å². The van der Waals surface area contributed by atoms with Crippen LogP contribution in [0.15, 0.2) is 43.0 Å². The van der Waals surface area contributed by atoms with Crippen LogP contribution in [0.25, 0.3) is 0 Å². The van der Waals surface area contributed by atoms with Crippen molar-refractivity contribution in [3.05, 3.63) is 59.7 Å². The first-order valence-electron chi connectivity index (χ1n) is 8.22. The van der Waals surface area contributed by atoms with Gasteiger partial charge in [-0.05, 0) is 30.2 Å². The van der Waals surface area contributed by atoms with Crippen LogP contribution in [0.2, 0.25) is 0 Å². The minimum absolute atomic E-state index is 0.0124. The summed E-state index contributed by atoms with van der Waals surface area (Å²) in [6.07, 6.45) is -8.94. The Labute approximate surface area is 163 Å². The third-order valence-electron chi connectivity index (χ3n) is 3.82. The van der Waals surface area contributed by atoms with Crippen molar-refractivity contribution in [3.8, 4) is 0 Å². The van der Waals surface area contributed by atoms with Crippen LogP contribution in [0.3, 0.4) is 0 Å². The molecular weight excluding hydrogens is 404 g/mol. The van der Waals surface area contributed by atoms with Crippen molar-refractivity contribution in [2.24, 2.45) is 0 Å². The van der Waals surface area contributed by atoms with Gasteiger partial charge < -0.3 is 9.64 Å². The summed E-state index contributed by atoms with van der Waals surface area (Å²) < 4.78 is 82.4. The number of alkyl halides is 6. The Morgan fingerprint density at radius 3 is 1.97 bits per heavy atom. The Morgan fingerprint density at radius 1 is 1.03 bits per heavy atom. The quantitative estimate of drug-likeness (QED) is 0.263. The van der Waals surface area contributed by atoms with Crippen molar-refractivity contribution in [1.82, 2.24) is 4.90 Å². The van der Waals surface area contributed by atoms with E-state index in [9.17, 15) is 35.9 Å².